The van der Waals surface area contributed by atoms with E-state index in [1.54, 1.807) is 0 Å². The topological polar surface area (TPSA) is 0 Å². The summed E-state index contributed by atoms with van der Waals surface area (Å²) in [5.41, 5.74) is 0. The van der Waals surface area contributed by atoms with Crippen molar-refractivity contribution in [1.29, 1.82) is 0 Å². The van der Waals surface area contributed by atoms with Crippen molar-refractivity contribution in [2.45, 2.75) is 0 Å². The average molecular weight is 485 g/mol. The summed E-state index contributed by atoms with van der Waals surface area (Å²) in [6.45, 7) is 6.00. The van der Waals surface area contributed by atoms with Crippen molar-refractivity contribution in [2.24, 2.45) is 0 Å². The minimum atomic E-state index is -0.446. The molecule has 3 rings (SSSR count). The molecule has 0 heterocycles. The van der Waals surface area contributed by atoms with Crippen LogP contribution in [0.3, 0.4) is 0 Å². The smallest absolute Gasteiger partial charge is 0 e. The summed E-state index contributed by atoms with van der Waals surface area (Å²) >= 11 is 0. The van der Waals surface area contributed by atoms with Crippen molar-refractivity contribution in [3.05, 3.63) is 104 Å². The summed E-state index contributed by atoms with van der Waals surface area (Å²) in [5, 5.41) is 4.19. The molecule has 0 aliphatic rings. The van der Waals surface area contributed by atoms with Gasteiger partial charge in [0.25, 0.3) is 0 Å². The van der Waals surface area contributed by atoms with Gasteiger partial charge in [0.05, 0.1) is 0 Å². The molecule has 0 radical (unpaired) electrons. The van der Waals surface area contributed by atoms with E-state index in [1.807, 2.05) is 0 Å². The molecule has 0 saturated carbocycles. The van der Waals surface area contributed by atoms with Crippen molar-refractivity contribution in [1.82, 2.24) is 0 Å². The first-order valence-electron chi connectivity index (χ1n) is 6.90. The summed E-state index contributed by atoms with van der Waals surface area (Å²) in [6.07, 6.45) is 0. The van der Waals surface area contributed by atoms with E-state index >= 15 is 0 Å². The standard InChI is InChI=1S/C18H15P.C2H4.Pt/c1-4-10-16(11-5-1)19(17-12-6-2-7-13-17)18-14-8-3-9-15-18;1-2;/h1-15H;1-2H2;. The van der Waals surface area contributed by atoms with Crippen LogP contribution in [0.1, 0.15) is 0 Å². The molecule has 0 atom stereocenters. The Kier molecular flexibility index (Phi) is 8.67. The van der Waals surface area contributed by atoms with Gasteiger partial charge in [0.2, 0.25) is 0 Å². The van der Waals surface area contributed by atoms with Gasteiger partial charge in [-0.2, -0.15) is 0 Å². The van der Waals surface area contributed by atoms with Crippen LogP contribution in [0.2, 0.25) is 0 Å². The molecule has 0 saturated heterocycles. The second kappa shape index (κ2) is 10.3. The molecule has 0 spiro atoms. The van der Waals surface area contributed by atoms with E-state index < -0.39 is 7.92 Å². The summed E-state index contributed by atoms with van der Waals surface area (Å²) in [6, 6.07) is 32.3. The van der Waals surface area contributed by atoms with Crippen LogP contribution in [-0.2, 0) is 21.1 Å². The third-order valence-corrected chi connectivity index (χ3v) is 5.49. The molecule has 0 bridgehead atoms. The maximum absolute atomic E-state index is 3.00. The fourth-order valence-corrected chi connectivity index (χ4v) is 4.48. The monoisotopic (exact) mass is 485 g/mol. The van der Waals surface area contributed by atoms with Crippen LogP contribution >= 0.6 is 7.92 Å². The van der Waals surface area contributed by atoms with Gasteiger partial charge in [0.15, 0.2) is 0 Å². The second-order valence-corrected chi connectivity index (χ2v) is 6.56. The number of rotatable bonds is 3. The van der Waals surface area contributed by atoms with Crippen molar-refractivity contribution in [3.63, 3.8) is 0 Å². The van der Waals surface area contributed by atoms with Gasteiger partial charge >= 0.3 is 0 Å². The second-order valence-electron chi connectivity index (χ2n) is 4.34. The predicted octanol–water partition coefficient (Wildman–Crippen LogP) is 4.24. The van der Waals surface area contributed by atoms with Gasteiger partial charge in [-0.1, -0.05) is 91.0 Å². The van der Waals surface area contributed by atoms with Gasteiger partial charge in [-0.15, -0.1) is 13.2 Å². The maximum atomic E-state index is 3.00. The number of hydrogen-bond acceptors (Lipinski definition) is 0. The van der Waals surface area contributed by atoms with Crippen molar-refractivity contribution in [2.75, 3.05) is 0 Å². The Bertz CT molecular complexity index is 544. The molecular weight excluding hydrogens is 466 g/mol. The maximum Gasteiger partial charge on any atom is 0 e. The van der Waals surface area contributed by atoms with E-state index in [-0.39, 0.29) is 21.1 Å². The van der Waals surface area contributed by atoms with Gasteiger partial charge in [0, 0.05) is 21.1 Å². The van der Waals surface area contributed by atoms with Gasteiger partial charge in [-0.25, -0.2) is 0 Å². The van der Waals surface area contributed by atoms with Crippen LogP contribution in [-0.4, -0.2) is 0 Å². The minimum Gasteiger partial charge on any atom is -0.106 e. The molecule has 0 aliphatic heterocycles. The number of benzene rings is 3. The van der Waals surface area contributed by atoms with E-state index in [0.29, 0.717) is 0 Å². The summed E-state index contributed by atoms with van der Waals surface area (Å²) in [7, 11) is -0.446. The molecule has 0 fully saturated rings. The minimum absolute atomic E-state index is 0. The van der Waals surface area contributed by atoms with Crippen molar-refractivity contribution < 1.29 is 21.1 Å². The molecule has 3 aromatic carbocycles. The SMILES string of the molecule is C=C.[Pt].c1ccc(P(c2ccccc2)c2ccccc2)cc1. The Morgan fingerprint density at radius 2 is 0.682 bits per heavy atom. The van der Waals surface area contributed by atoms with Crippen LogP contribution in [0, 0.1) is 0 Å². The van der Waals surface area contributed by atoms with Crippen LogP contribution in [0.5, 0.6) is 0 Å². The molecule has 0 amide bonds. The third-order valence-electron chi connectivity index (χ3n) is 3.04. The molecule has 0 aromatic heterocycles. The fourth-order valence-electron chi connectivity index (χ4n) is 2.18. The molecular formula is C20H19PPt. The Morgan fingerprint density at radius 1 is 0.455 bits per heavy atom. The van der Waals surface area contributed by atoms with Gasteiger partial charge < -0.3 is 0 Å². The van der Waals surface area contributed by atoms with E-state index in [0.717, 1.165) is 0 Å². The van der Waals surface area contributed by atoms with Crippen LogP contribution in [0.4, 0.5) is 0 Å². The zero-order valence-corrected chi connectivity index (χ0v) is 15.5. The largest absolute Gasteiger partial charge is 0.106 e. The molecule has 0 N–H and O–H groups in total. The molecule has 0 nitrogen and oxygen atoms in total. The average Bonchev–Trinajstić information content (AvgIpc) is 2.60. The summed E-state index contributed by atoms with van der Waals surface area (Å²) < 4.78 is 0. The van der Waals surface area contributed by atoms with Crippen molar-refractivity contribution in [3.8, 4) is 0 Å². The first-order chi connectivity index (χ1) is 10.4. The molecule has 114 valence electrons. The Balaban J connectivity index is 0.000000775. The summed E-state index contributed by atoms with van der Waals surface area (Å²) in [4.78, 5) is 0. The zero-order valence-electron chi connectivity index (χ0n) is 12.3. The zero-order chi connectivity index (χ0) is 14.9. The van der Waals surface area contributed by atoms with Gasteiger partial charge in [0.1, 0.15) is 0 Å². The van der Waals surface area contributed by atoms with E-state index in [9.17, 15) is 0 Å². The molecule has 2 heteroatoms. The normalized spacial score (nSPS) is 9.32. The van der Waals surface area contributed by atoms with E-state index in [2.05, 4.69) is 104 Å². The quantitative estimate of drug-likeness (QED) is 0.385. The first kappa shape index (κ1) is 18.6. The fraction of sp³-hybridized carbons (Fsp3) is 0. The van der Waals surface area contributed by atoms with Crippen LogP contribution in [0.15, 0.2) is 104 Å². The van der Waals surface area contributed by atoms with Gasteiger partial charge in [-0.05, 0) is 23.8 Å². The van der Waals surface area contributed by atoms with Crippen molar-refractivity contribution >= 4 is 23.8 Å². The van der Waals surface area contributed by atoms with Gasteiger partial charge in [-0.3, -0.25) is 0 Å². The Labute approximate surface area is 148 Å². The van der Waals surface area contributed by atoms with Crippen LogP contribution in [0.25, 0.3) is 0 Å². The van der Waals surface area contributed by atoms with Crippen LogP contribution < -0.4 is 15.9 Å². The summed E-state index contributed by atoms with van der Waals surface area (Å²) in [5.74, 6) is 0. The first-order valence-corrected chi connectivity index (χ1v) is 8.24. The third kappa shape index (κ3) is 4.77. The molecule has 22 heavy (non-hydrogen) atoms. The number of hydrogen-bond donors (Lipinski definition) is 0. The van der Waals surface area contributed by atoms with E-state index in [1.165, 1.54) is 15.9 Å². The molecule has 3 aromatic rings. The Morgan fingerprint density at radius 3 is 0.909 bits per heavy atom. The Hall–Kier alpha value is -1.48. The predicted molar refractivity (Wildman–Crippen MR) is 96.4 cm³/mol. The molecule has 0 unspecified atom stereocenters. The molecule has 0 aliphatic carbocycles. The van der Waals surface area contributed by atoms with E-state index in [4.69, 9.17) is 0 Å².